The number of carbonyl (C=O) groups is 1. The highest BCUT2D eigenvalue weighted by Crippen LogP contribution is 2.25. The summed E-state index contributed by atoms with van der Waals surface area (Å²) in [4.78, 5) is 12.2. The predicted molar refractivity (Wildman–Crippen MR) is 127 cm³/mol. The number of thioether (sulfide) groups is 1. The number of rotatable bonds is 19. The maximum Gasteiger partial charge on any atom is 0.151 e. The number of unbranched alkanes of at least 4 members (excludes halogenated alkanes) is 12. The van der Waals surface area contributed by atoms with Crippen LogP contribution in [0.15, 0.2) is 29.2 Å². The van der Waals surface area contributed by atoms with Crippen molar-refractivity contribution in [2.75, 3.05) is 5.75 Å². The molecular weight excluding hydrogens is 360 g/mol. The SMILES string of the molecule is CCCCCCCCCCCCCCCC(C)CCSc1ccccc1C=O. The molecule has 0 bridgehead atoms. The van der Waals surface area contributed by atoms with Gasteiger partial charge in [0, 0.05) is 10.5 Å². The number of hydrogen-bond donors (Lipinski definition) is 0. The summed E-state index contributed by atoms with van der Waals surface area (Å²) >= 11 is 1.83. The molecule has 0 saturated heterocycles. The highest BCUT2D eigenvalue weighted by molar-refractivity contribution is 7.99. The molecule has 0 heterocycles. The van der Waals surface area contributed by atoms with Crippen LogP contribution in [0.4, 0.5) is 0 Å². The Morgan fingerprint density at radius 2 is 1.32 bits per heavy atom. The quantitative estimate of drug-likeness (QED) is 0.130. The van der Waals surface area contributed by atoms with Crippen molar-refractivity contribution >= 4 is 18.0 Å². The van der Waals surface area contributed by atoms with Crippen molar-refractivity contribution in [3.63, 3.8) is 0 Å². The van der Waals surface area contributed by atoms with Crippen molar-refractivity contribution in [2.24, 2.45) is 5.92 Å². The van der Waals surface area contributed by atoms with Crippen LogP contribution in [-0.2, 0) is 0 Å². The Morgan fingerprint density at radius 3 is 1.89 bits per heavy atom. The largest absolute Gasteiger partial charge is 0.298 e. The van der Waals surface area contributed by atoms with Crippen LogP contribution < -0.4 is 0 Å². The second-order valence-electron chi connectivity index (χ2n) is 8.43. The monoisotopic (exact) mass is 404 g/mol. The lowest BCUT2D eigenvalue weighted by Crippen LogP contribution is -1.97. The molecule has 0 aliphatic carbocycles. The highest BCUT2D eigenvalue weighted by atomic mass is 32.2. The van der Waals surface area contributed by atoms with Gasteiger partial charge in [-0.3, -0.25) is 4.79 Å². The molecule has 1 aromatic carbocycles. The predicted octanol–water partition coefficient (Wildman–Crippen LogP) is 9.10. The summed E-state index contributed by atoms with van der Waals surface area (Å²) in [6.45, 7) is 4.67. The van der Waals surface area contributed by atoms with Crippen LogP contribution in [0.2, 0.25) is 0 Å². The van der Waals surface area contributed by atoms with Gasteiger partial charge in [0.15, 0.2) is 6.29 Å². The third-order valence-electron chi connectivity index (χ3n) is 5.71. The van der Waals surface area contributed by atoms with Gasteiger partial charge in [0.25, 0.3) is 0 Å². The Morgan fingerprint density at radius 1 is 0.786 bits per heavy atom. The number of carbonyl (C=O) groups excluding carboxylic acids is 1. The van der Waals surface area contributed by atoms with E-state index in [1.807, 2.05) is 30.0 Å². The van der Waals surface area contributed by atoms with Gasteiger partial charge >= 0.3 is 0 Å². The zero-order chi connectivity index (χ0) is 20.3. The normalized spacial score (nSPS) is 12.2. The van der Waals surface area contributed by atoms with E-state index in [9.17, 15) is 4.79 Å². The van der Waals surface area contributed by atoms with Gasteiger partial charge in [-0.15, -0.1) is 11.8 Å². The minimum absolute atomic E-state index is 0.795. The number of aldehydes is 1. The summed E-state index contributed by atoms with van der Waals surface area (Å²) in [5.74, 6) is 1.91. The lowest BCUT2D eigenvalue weighted by Gasteiger charge is -2.11. The first kappa shape index (κ1) is 25.3. The van der Waals surface area contributed by atoms with Gasteiger partial charge in [-0.25, -0.2) is 0 Å². The van der Waals surface area contributed by atoms with Gasteiger partial charge in [0.05, 0.1) is 0 Å². The highest BCUT2D eigenvalue weighted by Gasteiger charge is 2.05. The third kappa shape index (κ3) is 13.4. The molecule has 1 aromatic rings. The van der Waals surface area contributed by atoms with Gasteiger partial charge in [0.2, 0.25) is 0 Å². The van der Waals surface area contributed by atoms with Gasteiger partial charge < -0.3 is 0 Å². The lowest BCUT2D eigenvalue weighted by molar-refractivity contribution is 0.112. The van der Waals surface area contributed by atoms with Crippen LogP contribution in [0.3, 0.4) is 0 Å². The van der Waals surface area contributed by atoms with Gasteiger partial charge in [-0.1, -0.05) is 122 Å². The van der Waals surface area contributed by atoms with E-state index >= 15 is 0 Å². The first-order valence-electron chi connectivity index (χ1n) is 11.9. The van der Waals surface area contributed by atoms with Crippen molar-refractivity contribution in [3.05, 3.63) is 29.8 Å². The van der Waals surface area contributed by atoms with Gasteiger partial charge in [-0.05, 0) is 24.2 Å². The van der Waals surface area contributed by atoms with E-state index in [0.29, 0.717) is 0 Å². The van der Waals surface area contributed by atoms with Gasteiger partial charge in [0.1, 0.15) is 0 Å². The minimum atomic E-state index is 0.795. The molecule has 0 amide bonds. The van der Waals surface area contributed by atoms with E-state index in [-0.39, 0.29) is 0 Å². The first-order valence-corrected chi connectivity index (χ1v) is 12.9. The van der Waals surface area contributed by atoms with Crippen molar-refractivity contribution in [1.82, 2.24) is 0 Å². The van der Waals surface area contributed by atoms with E-state index in [0.717, 1.165) is 28.4 Å². The second-order valence-corrected chi connectivity index (χ2v) is 9.57. The Labute approximate surface area is 179 Å². The Kier molecular flexibility index (Phi) is 16.5. The molecule has 0 spiro atoms. The summed E-state index contributed by atoms with van der Waals surface area (Å²) in [7, 11) is 0. The van der Waals surface area contributed by atoms with Crippen LogP contribution in [0, 0.1) is 5.92 Å². The Hall–Kier alpha value is -0.760. The first-order chi connectivity index (χ1) is 13.8. The molecule has 0 radical (unpaired) electrons. The van der Waals surface area contributed by atoms with Crippen LogP contribution in [0.1, 0.15) is 121 Å². The molecule has 1 nitrogen and oxygen atoms in total. The minimum Gasteiger partial charge on any atom is -0.298 e. The van der Waals surface area contributed by atoms with Gasteiger partial charge in [-0.2, -0.15) is 0 Å². The summed E-state index contributed by atoms with van der Waals surface area (Å²) in [5.41, 5.74) is 0.830. The summed E-state index contributed by atoms with van der Waals surface area (Å²) < 4.78 is 0. The van der Waals surface area contributed by atoms with Crippen LogP contribution in [0.25, 0.3) is 0 Å². The fraction of sp³-hybridized carbons (Fsp3) is 0.731. The maximum absolute atomic E-state index is 11.1. The molecule has 1 rings (SSSR count). The van der Waals surface area contributed by atoms with Crippen molar-refractivity contribution in [2.45, 2.75) is 115 Å². The van der Waals surface area contributed by atoms with E-state index in [2.05, 4.69) is 19.9 Å². The Balaban J connectivity index is 1.87. The Bertz CT molecular complexity index is 485. The fourth-order valence-corrected chi connectivity index (χ4v) is 4.93. The molecule has 0 saturated carbocycles. The molecule has 2 heteroatoms. The zero-order valence-corrected chi connectivity index (χ0v) is 19.4. The van der Waals surface area contributed by atoms with E-state index in [4.69, 9.17) is 0 Å². The molecule has 0 fully saturated rings. The van der Waals surface area contributed by atoms with Crippen LogP contribution >= 0.6 is 11.8 Å². The van der Waals surface area contributed by atoms with Crippen molar-refractivity contribution in [3.8, 4) is 0 Å². The molecule has 0 aliphatic rings. The third-order valence-corrected chi connectivity index (χ3v) is 6.84. The fourth-order valence-electron chi connectivity index (χ4n) is 3.73. The summed E-state index contributed by atoms with van der Waals surface area (Å²) in [5, 5.41) is 0. The molecule has 1 atom stereocenters. The molecule has 0 aliphatic heterocycles. The zero-order valence-electron chi connectivity index (χ0n) is 18.6. The number of benzene rings is 1. The van der Waals surface area contributed by atoms with E-state index in [1.165, 1.54) is 96.3 Å². The standard InChI is InChI=1S/C26H44OS/c1-3-4-5-6-7-8-9-10-11-12-13-14-15-18-24(2)21-22-28-26-20-17-16-19-25(26)23-27/h16-17,19-20,23-24H,3-15,18,21-22H2,1-2H3. The van der Waals surface area contributed by atoms with Crippen LogP contribution in [-0.4, -0.2) is 12.0 Å². The second kappa shape index (κ2) is 18.3. The topological polar surface area (TPSA) is 17.1 Å². The van der Waals surface area contributed by atoms with Crippen LogP contribution in [0.5, 0.6) is 0 Å². The lowest BCUT2D eigenvalue weighted by atomic mass is 9.99. The average molecular weight is 405 g/mol. The molecule has 160 valence electrons. The molecular formula is C26H44OS. The molecule has 0 N–H and O–H groups in total. The molecule has 28 heavy (non-hydrogen) atoms. The maximum atomic E-state index is 11.1. The summed E-state index contributed by atoms with van der Waals surface area (Å²) in [6.07, 6.45) is 22.1. The van der Waals surface area contributed by atoms with Crippen molar-refractivity contribution < 1.29 is 4.79 Å². The van der Waals surface area contributed by atoms with E-state index < -0.39 is 0 Å². The molecule has 0 aromatic heterocycles. The van der Waals surface area contributed by atoms with E-state index in [1.54, 1.807) is 0 Å². The average Bonchev–Trinajstić information content (AvgIpc) is 2.71. The smallest absolute Gasteiger partial charge is 0.151 e. The summed E-state index contributed by atoms with van der Waals surface area (Å²) in [6, 6.07) is 7.93. The molecule has 1 unspecified atom stereocenters. The van der Waals surface area contributed by atoms with Crippen molar-refractivity contribution in [1.29, 1.82) is 0 Å². The number of hydrogen-bond acceptors (Lipinski definition) is 2.